The summed E-state index contributed by atoms with van der Waals surface area (Å²) in [4.78, 5) is 8.39. The molecule has 2 rings (SSSR count). The third-order valence-electron chi connectivity index (χ3n) is 2.25. The zero-order valence-corrected chi connectivity index (χ0v) is 10.0. The Morgan fingerprint density at radius 2 is 1.82 bits per heavy atom. The molecule has 0 aliphatic heterocycles. The van der Waals surface area contributed by atoms with E-state index in [4.69, 9.17) is 5.73 Å². The van der Waals surface area contributed by atoms with E-state index in [1.165, 1.54) is 0 Å². The molecule has 0 radical (unpaired) electrons. The van der Waals surface area contributed by atoms with E-state index in [-0.39, 0.29) is 5.95 Å². The van der Waals surface area contributed by atoms with Crippen LogP contribution in [0.25, 0.3) is 11.3 Å². The van der Waals surface area contributed by atoms with Crippen molar-refractivity contribution >= 4 is 11.8 Å². The third-order valence-corrected chi connectivity index (χ3v) is 2.25. The van der Waals surface area contributed by atoms with Gasteiger partial charge in [-0.25, -0.2) is 4.98 Å². The molecule has 88 valence electrons. The minimum atomic E-state index is 0.287. The number of aromatic nitrogens is 2. The van der Waals surface area contributed by atoms with E-state index >= 15 is 0 Å². The van der Waals surface area contributed by atoms with Crippen LogP contribution in [0.15, 0.2) is 36.4 Å². The molecule has 4 nitrogen and oxygen atoms in total. The first-order valence-electron chi connectivity index (χ1n) is 5.61. The maximum atomic E-state index is 5.71. The number of nitrogens with zero attached hydrogens (tertiary/aromatic N) is 2. The maximum Gasteiger partial charge on any atom is 0.222 e. The molecule has 2 aromatic rings. The van der Waals surface area contributed by atoms with Gasteiger partial charge >= 0.3 is 0 Å². The van der Waals surface area contributed by atoms with Crippen molar-refractivity contribution in [2.75, 3.05) is 11.1 Å². The fraction of sp³-hybridized carbons (Fsp3) is 0.231. The smallest absolute Gasteiger partial charge is 0.222 e. The van der Waals surface area contributed by atoms with Crippen LogP contribution in [0.3, 0.4) is 0 Å². The van der Waals surface area contributed by atoms with Crippen LogP contribution in [0.4, 0.5) is 11.8 Å². The van der Waals surface area contributed by atoms with E-state index < -0.39 is 0 Å². The molecule has 0 saturated carbocycles. The molecule has 3 N–H and O–H groups in total. The van der Waals surface area contributed by atoms with Gasteiger partial charge in [0.25, 0.3) is 0 Å². The van der Waals surface area contributed by atoms with E-state index in [1.807, 2.05) is 36.4 Å². The predicted octanol–water partition coefficient (Wildman–Crippen LogP) is 2.55. The Labute approximate surface area is 101 Å². The summed E-state index contributed by atoms with van der Waals surface area (Å²) in [5.74, 6) is 1.04. The van der Waals surface area contributed by atoms with E-state index in [1.54, 1.807) is 0 Å². The van der Waals surface area contributed by atoms with Gasteiger partial charge in [-0.15, -0.1) is 0 Å². The molecule has 0 amide bonds. The molecule has 0 saturated heterocycles. The Hall–Kier alpha value is -2.10. The lowest BCUT2D eigenvalue weighted by Gasteiger charge is -2.10. The molecule has 0 unspecified atom stereocenters. The van der Waals surface area contributed by atoms with Crippen molar-refractivity contribution in [1.29, 1.82) is 0 Å². The van der Waals surface area contributed by atoms with Crippen LogP contribution in [0.1, 0.15) is 13.8 Å². The highest BCUT2D eigenvalue weighted by Crippen LogP contribution is 2.20. The zero-order chi connectivity index (χ0) is 12.3. The molecule has 0 bridgehead atoms. The molecule has 1 aromatic carbocycles. The summed E-state index contributed by atoms with van der Waals surface area (Å²) in [6.45, 7) is 4.11. The molecule has 4 heteroatoms. The topological polar surface area (TPSA) is 63.8 Å². The Morgan fingerprint density at radius 3 is 2.47 bits per heavy atom. The number of anilines is 2. The van der Waals surface area contributed by atoms with Gasteiger partial charge in [0.2, 0.25) is 5.95 Å². The van der Waals surface area contributed by atoms with E-state index in [2.05, 4.69) is 29.1 Å². The number of rotatable bonds is 3. The summed E-state index contributed by atoms with van der Waals surface area (Å²) in [5, 5.41) is 3.22. The summed E-state index contributed by atoms with van der Waals surface area (Å²) in [6, 6.07) is 12.1. The lowest BCUT2D eigenvalue weighted by Crippen LogP contribution is -2.12. The minimum Gasteiger partial charge on any atom is -0.368 e. The molecule has 1 heterocycles. The molecule has 0 atom stereocenters. The molecular weight excluding hydrogens is 212 g/mol. The molecule has 1 aromatic heterocycles. The summed E-state index contributed by atoms with van der Waals surface area (Å²) < 4.78 is 0. The second-order valence-corrected chi connectivity index (χ2v) is 4.16. The van der Waals surface area contributed by atoms with Crippen molar-refractivity contribution in [3.05, 3.63) is 36.4 Å². The number of hydrogen-bond acceptors (Lipinski definition) is 4. The largest absolute Gasteiger partial charge is 0.368 e. The molecule has 0 aliphatic carbocycles. The van der Waals surface area contributed by atoms with Crippen LogP contribution in [-0.4, -0.2) is 16.0 Å². The van der Waals surface area contributed by atoms with Gasteiger partial charge in [-0.3, -0.25) is 0 Å². The number of nitrogens with two attached hydrogens (primary N) is 1. The van der Waals surface area contributed by atoms with Gasteiger partial charge in [0.1, 0.15) is 5.82 Å². The average molecular weight is 228 g/mol. The van der Waals surface area contributed by atoms with Gasteiger partial charge in [-0.2, -0.15) is 4.98 Å². The average Bonchev–Trinajstić information content (AvgIpc) is 2.28. The number of nitrogen functional groups attached to an aromatic ring is 1. The SMILES string of the molecule is CC(C)Nc1cc(-c2ccccc2)nc(N)n1. The first-order valence-corrected chi connectivity index (χ1v) is 5.61. The summed E-state index contributed by atoms with van der Waals surface area (Å²) in [5.41, 5.74) is 7.58. The highest BCUT2D eigenvalue weighted by molar-refractivity contribution is 5.63. The van der Waals surface area contributed by atoms with Crippen LogP contribution < -0.4 is 11.1 Å². The zero-order valence-electron chi connectivity index (χ0n) is 10.0. The normalized spacial score (nSPS) is 10.5. The highest BCUT2D eigenvalue weighted by atomic mass is 15.1. The van der Waals surface area contributed by atoms with Crippen molar-refractivity contribution in [3.8, 4) is 11.3 Å². The predicted molar refractivity (Wildman–Crippen MR) is 70.6 cm³/mol. The first-order chi connectivity index (χ1) is 8.15. The Kier molecular flexibility index (Phi) is 3.23. The highest BCUT2D eigenvalue weighted by Gasteiger charge is 2.05. The van der Waals surface area contributed by atoms with Crippen LogP contribution in [0.5, 0.6) is 0 Å². The van der Waals surface area contributed by atoms with E-state index in [0.29, 0.717) is 6.04 Å². The van der Waals surface area contributed by atoms with Crippen LogP contribution in [-0.2, 0) is 0 Å². The lowest BCUT2D eigenvalue weighted by molar-refractivity contribution is 0.888. The van der Waals surface area contributed by atoms with Crippen molar-refractivity contribution in [1.82, 2.24) is 9.97 Å². The van der Waals surface area contributed by atoms with Crippen molar-refractivity contribution in [2.24, 2.45) is 0 Å². The summed E-state index contributed by atoms with van der Waals surface area (Å²) in [6.07, 6.45) is 0. The summed E-state index contributed by atoms with van der Waals surface area (Å²) in [7, 11) is 0. The van der Waals surface area contributed by atoms with Crippen LogP contribution >= 0.6 is 0 Å². The molecule has 0 fully saturated rings. The van der Waals surface area contributed by atoms with Crippen molar-refractivity contribution in [3.63, 3.8) is 0 Å². The van der Waals surface area contributed by atoms with E-state index in [9.17, 15) is 0 Å². The Balaban J connectivity index is 2.38. The Bertz CT molecular complexity index is 494. The molecule has 17 heavy (non-hydrogen) atoms. The van der Waals surface area contributed by atoms with Gasteiger partial charge in [0.15, 0.2) is 0 Å². The van der Waals surface area contributed by atoms with Gasteiger partial charge < -0.3 is 11.1 Å². The fourth-order valence-electron chi connectivity index (χ4n) is 1.59. The van der Waals surface area contributed by atoms with Gasteiger partial charge in [-0.05, 0) is 13.8 Å². The van der Waals surface area contributed by atoms with Crippen LogP contribution in [0, 0.1) is 0 Å². The third kappa shape index (κ3) is 2.93. The second-order valence-electron chi connectivity index (χ2n) is 4.16. The van der Waals surface area contributed by atoms with E-state index in [0.717, 1.165) is 17.1 Å². The summed E-state index contributed by atoms with van der Waals surface area (Å²) >= 11 is 0. The number of benzene rings is 1. The monoisotopic (exact) mass is 228 g/mol. The second kappa shape index (κ2) is 4.82. The molecule has 0 spiro atoms. The Morgan fingerprint density at radius 1 is 1.12 bits per heavy atom. The molecule has 0 aliphatic rings. The van der Waals surface area contributed by atoms with Crippen LogP contribution in [0.2, 0.25) is 0 Å². The number of hydrogen-bond donors (Lipinski definition) is 2. The van der Waals surface area contributed by atoms with Gasteiger partial charge in [0, 0.05) is 17.7 Å². The fourth-order valence-corrected chi connectivity index (χ4v) is 1.59. The number of nitrogens with one attached hydrogen (secondary N) is 1. The maximum absolute atomic E-state index is 5.71. The van der Waals surface area contributed by atoms with Gasteiger partial charge in [-0.1, -0.05) is 30.3 Å². The first kappa shape index (κ1) is 11.4. The minimum absolute atomic E-state index is 0.287. The van der Waals surface area contributed by atoms with Gasteiger partial charge in [0.05, 0.1) is 5.69 Å². The lowest BCUT2D eigenvalue weighted by atomic mass is 10.1. The standard InChI is InChI=1S/C13H16N4/c1-9(2)15-12-8-11(16-13(14)17-12)10-6-4-3-5-7-10/h3-9H,1-2H3,(H3,14,15,16,17). The van der Waals surface area contributed by atoms with Crippen molar-refractivity contribution in [2.45, 2.75) is 19.9 Å². The van der Waals surface area contributed by atoms with Crippen molar-refractivity contribution < 1.29 is 0 Å². The molecular formula is C13H16N4. The quantitative estimate of drug-likeness (QED) is 0.847.